The van der Waals surface area contributed by atoms with Gasteiger partial charge in [0.25, 0.3) is 5.91 Å². The van der Waals surface area contributed by atoms with Crippen LogP contribution in [0.15, 0.2) is 30.3 Å². The minimum Gasteiger partial charge on any atom is -0.320 e. The number of rotatable bonds is 2. The van der Waals surface area contributed by atoms with E-state index < -0.39 is 0 Å². The average molecular weight is 298 g/mol. The van der Waals surface area contributed by atoms with Crippen molar-refractivity contribution in [1.82, 2.24) is 0 Å². The van der Waals surface area contributed by atoms with Gasteiger partial charge in [-0.25, -0.2) is 0 Å². The number of amides is 1. The first-order valence-corrected chi connectivity index (χ1v) is 7.49. The van der Waals surface area contributed by atoms with Crippen molar-refractivity contribution >= 4 is 22.9 Å². The molecule has 0 radical (unpaired) electrons. The Hall–Kier alpha value is -2.09. The molecule has 2 rings (SSSR count). The van der Waals surface area contributed by atoms with Gasteiger partial charge in [0.1, 0.15) is 0 Å². The first-order chi connectivity index (χ1) is 10.0. The maximum Gasteiger partial charge on any atom is 0.268 e. The first-order valence-electron chi connectivity index (χ1n) is 6.67. The standard InChI is InChI=1S/C17H18N2OS/c1-12-7-4-5-8-14(12)19(3)17(20)16-11-13(2)15(21-16)9-6-10-18/h4-5,7-8,11H,10,18H2,1-3H3. The molecule has 0 saturated carbocycles. The van der Waals surface area contributed by atoms with E-state index in [0.717, 1.165) is 21.7 Å². The van der Waals surface area contributed by atoms with Gasteiger partial charge in [-0.15, -0.1) is 11.3 Å². The minimum absolute atomic E-state index is 0.0156. The Morgan fingerprint density at radius 1 is 1.29 bits per heavy atom. The summed E-state index contributed by atoms with van der Waals surface area (Å²) < 4.78 is 0. The number of aryl methyl sites for hydroxylation is 2. The summed E-state index contributed by atoms with van der Waals surface area (Å²) in [5, 5.41) is 0. The maximum absolute atomic E-state index is 12.6. The van der Waals surface area contributed by atoms with Crippen LogP contribution in [-0.2, 0) is 0 Å². The Morgan fingerprint density at radius 2 is 2.00 bits per heavy atom. The molecule has 2 N–H and O–H groups in total. The summed E-state index contributed by atoms with van der Waals surface area (Å²) in [6, 6.07) is 9.74. The zero-order chi connectivity index (χ0) is 15.4. The van der Waals surface area contributed by atoms with Crippen LogP contribution in [0.3, 0.4) is 0 Å². The Labute approximate surface area is 129 Å². The van der Waals surface area contributed by atoms with E-state index in [1.54, 1.807) is 11.9 Å². The molecule has 21 heavy (non-hydrogen) atoms. The predicted molar refractivity (Wildman–Crippen MR) is 88.9 cm³/mol. The molecule has 3 nitrogen and oxygen atoms in total. The van der Waals surface area contributed by atoms with Crippen molar-refractivity contribution in [3.05, 3.63) is 51.2 Å². The van der Waals surface area contributed by atoms with Gasteiger partial charge in [-0.3, -0.25) is 4.79 Å². The second kappa shape index (κ2) is 6.57. The number of hydrogen-bond donors (Lipinski definition) is 1. The molecular weight excluding hydrogens is 280 g/mol. The van der Waals surface area contributed by atoms with Gasteiger partial charge in [-0.2, -0.15) is 0 Å². The summed E-state index contributed by atoms with van der Waals surface area (Å²) >= 11 is 1.42. The molecule has 2 aromatic rings. The fraction of sp³-hybridized carbons (Fsp3) is 0.235. The molecule has 0 saturated heterocycles. The third kappa shape index (κ3) is 3.33. The van der Waals surface area contributed by atoms with Gasteiger partial charge < -0.3 is 10.6 Å². The highest BCUT2D eigenvalue weighted by molar-refractivity contribution is 7.14. The fourth-order valence-electron chi connectivity index (χ4n) is 2.06. The van der Waals surface area contributed by atoms with Gasteiger partial charge in [0.2, 0.25) is 0 Å². The van der Waals surface area contributed by atoms with Crippen molar-refractivity contribution in [2.24, 2.45) is 5.73 Å². The van der Waals surface area contributed by atoms with E-state index in [9.17, 15) is 4.79 Å². The van der Waals surface area contributed by atoms with Crippen molar-refractivity contribution in [2.45, 2.75) is 13.8 Å². The molecule has 0 fully saturated rings. The van der Waals surface area contributed by atoms with Crippen LogP contribution >= 0.6 is 11.3 Å². The molecule has 0 bridgehead atoms. The maximum atomic E-state index is 12.6. The summed E-state index contributed by atoms with van der Waals surface area (Å²) in [6.45, 7) is 4.28. The molecule has 0 atom stereocenters. The number of nitrogens with zero attached hydrogens (tertiary/aromatic N) is 1. The van der Waals surface area contributed by atoms with Gasteiger partial charge in [0, 0.05) is 12.7 Å². The molecule has 1 aromatic carbocycles. The minimum atomic E-state index is -0.0156. The first kappa shape index (κ1) is 15.3. The van der Waals surface area contributed by atoms with Crippen molar-refractivity contribution in [3.8, 4) is 11.8 Å². The van der Waals surface area contributed by atoms with E-state index in [1.165, 1.54) is 11.3 Å². The molecule has 0 aliphatic heterocycles. The Balaban J connectivity index is 2.30. The summed E-state index contributed by atoms with van der Waals surface area (Å²) in [7, 11) is 1.80. The normalized spacial score (nSPS) is 9.90. The topological polar surface area (TPSA) is 46.3 Å². The predicted octanol–water partition coefficient (Wildman–Crippen LogP) is 2.95. The average Bonchev–Trinajstić information content (AvgIpc) is 2.85. The van der Waals surface area contributed by atoms with Crippen LogP contribution in [-0.4, -0.2) is 19.5 Å². The SMILES string of the molecule is Cc1ccccc1N(C)C(=O)c1cc(C)c(C#CCN)s1. The lowest BCUT2D eigenvalue weighted by molar-refractivity contribution is 0.0996. The van der Waals surface area contributed by atoms with Crippen molar-refractivity contribution in [1.29, 1.82) is 0 Å². The zero-order valence-electron chi connectivity index (χ0n) is 12.4. The number of para-hydroxylation sites is 1. The summed E-state index contributed by atoms with van der Waals surface area (Å²) in [5.74, 6) is 5.83. The fourth-order valence-corrected chi connectivity index (χ4v) is 3.08. The monoisotopic (exact) mass is 298 g/mol. The van der Waals surface area contributed by atoms with Gasteiger partial charge in [-0.1, -0.05) is 30.0 Å². The van der Waals surface area contributed by atoms with Crippen LogP contribution in [0.5, 0.6) is 0 Å². The Bertz CT molecular complexity index is 722. The Kier molecular flexibility index (Phi) is 4.79. The van der Waals surface area contributed by atoms with Gasteiger partial charge in [0.15, 0.2) is 0 Å². The van der Waals surface area contributed by atoms with Gasteiger partial charge in [0.05, 0.1) is 16.3 Å². The third-order valence-corrected chi connectivity index (χ3v) is 4.35. The number of thiophene rings is 1. The van der Waals surface area contributed by atoms with Crippen molar-refractivity contribution < 1.29 is 4.79 Å². The van der Waals surface area contributed by atoms with Crippen LogP contribution in [0.25, 0.3) is 0 Å². The summed E-state index contributed by atoms with van der Waals surface area (Å²) in [4.78, 5) is 15.9. The largest absolute Gasteiger partial charge is 0.320 e. The van der Waals surface area contributed by atoms with E-state index in [-0.39, 0.29) is 5.91 Å². The van der Waals surface area contributed by atoms with Crippen LogP contribution in [0.4, 0.5) is 5.69 Å². The third-order valence-electron chi connectivity index (χ3n) is 3.21. The molecular formula is C17H18N2OS. The Morgan fingerprint density at radius 3 is 2.67 bits per heavy atom. The second-order valence-corrected chi connectivity index (χ2v) is 5.83. The molecule has 1 amide bonds. The van der Waals surface area contributed by atoms with E-state index in [4.69, 9.17) is 5.73 Å². The molecule has 0 aliphatic rings. The molecule has 4 heteroatoms. The molecule has 1 heterocycles. The summed E-state index contributed by atoms with van der Waals surface area (Å²) in [5.41, 5.74) is 8.40. The highest BCUT2D eigenvalue weighted by Gasteiger charge is 2.18. The number of carbonyl (C=O) groups is 1. The van der Waals surface area contributed by atoms with Gasteiger partial charge in [-0.05, 0) is 37.1 Å². The molecule has 108 valence electrons. The molecule has 0 spiro atoms. The molecule has 1 aromatic heterocycles. The zero-order valence-corrected chi connectivity index (χ0v) is 13.3. The number of hydrogen-bond acceptors (Lipinski definition) is 3. The van der Waals surface area contributed by atoms with Gasteiger partial charge >= 0.3 is 0 Å². The van der Waals surface area contributed by atoms with Crippen LogP contribution < -0.4 is 10.6 Å². The van der Waals surface area contributed by atoms with E-state index >= 15 is 0 Å². The lowest BCUT2D eigenvalue weighted by Crippen LogP contribution is -2.26. The van der Waals surface area contributed by atoms with E-state index in [1.807, 2.05) is 44.2 Å². The highest BCUT2D eigenvalue weighted by Crippen LogP contribution is 2.25. The van der Waals surface area contributed by atoms with Crippen LogP contribution in [0.1, 0.15) is 25.7 Å². The smallest absolute Gasteiger partial charge is 0.268 e. The second-order valence-electron chi connectivity index (χ2n) is 4.78. The van der Waals surface area contributed by atoms with E-state index in [0.29, 0.717) is 11.4 Å². The highest BCUT2D eigenvalue weighted by atomic mass is 32.1. The molecule has 0 unspecified atom stereocenters. The summed E-state index contributed by atoms with van der Waals surface area (Å²) in [6.07, 6.45) is 0. The van der Waals surface area contributed by atoms with Crippen LogP contribution in [0, 0.1) is 25.7 Å². The van der Waals surface area contributed by atoms with Crippen LogP contribution in [0.2, 0.25) is 0 Å². The quantitative estimate of drug-likeness (QED) is 0.867. The lowest BCUT2D eigenvalue weighted by Gasteiger charge is -2.18. The number of anilines is 1. The van der Waals surface area contributed by atoms with E-state index in [2.05, 4.69) is 11.8 Å². The molecule has 0 aliphatic carbocycles. The number of benzene rings is 1. The van der Waals surface area contributed by atoms with Crippen molar-refractivity contribution in [2.75, 3.05) is 18.5 Å². The lowest BCUT2D eigenvalue weighted by atomic mass is 10.2. The number of carbonyl (C=O) groups excluding carboxylic acids is 1. The van der Waals surface area contributed by atoms with Crippen molar-refractivity contribution in [3.63, 3.8) is 0 Å². The number of nitrogens with two attached hydrogens (primary N) is 1.